The fourth-order valence-electron chi connectivity index (χ4n) is 1.89. The van der Waals surface area contributed by atoms with Crippen molar-refractivity contribution in [1.82, 2.24) is 0 Å². The van der Waals surface area contributed by atoms with Crippen LogP contribution in [0, 0.1) is 0 Å². The smallest absolute Gasteiger partial charge is 0.146 e. The van der Waals surface area contributed by atoms with E-state index in [1.165, 1.54) is 11.1 Å². The van der Waals surface area contributed by atoms with Crippen LogP contribution in [0.25, 0.3) is 0 Å². The van der Waals surface area contributed by atoms with E-state index in [0.29, 0.717) is 5.92 Å². The topological polar surface area (TPSA) is 9.23 Å². The predicted molar refractivity (Wildman–Crippen MR) is 74.2 cm³/mol. The second-order valence-electron chi connectivity index (χ2n) is 4.79. The minimum absolute atomic E-state index is 0.256. The van der Waals surface area contributed by atoms with Gasteiger partial charge in [-0.25, -0.2) is 0 Å². The molecule has 0 aliphatic carbocycles. The Kier molecular flexibility index (Phi) is 4.59. The molecule has 2 atom stereocenters. The summed E-state index contributed by atoms with van der Waals surface area (Å²) in [5.41, 5.74) is 2.50. The molecule has 90 valence electrons. The van der Waals surface area contributed by atoms with E-state index in [9.17, 15) is 0 Å². The van der Waals surface area contributed by atoms with Gasteiger partial charge in [0.25, 0.3) is 0 Å². The fraction of sp³-hybridized carbons (Fsp3) is 0.538. The first-order valence-corrected chi connectivity index (χ1v) is 6.88. The predicted octanol–water partition coefficient (Wildman–Crippen LogP) is 2.95. The zero-order valence-corrected chi connectivity index (χ0v) is 13.5. The molecular formula is C13H21ClOSi. The Hall–Kier alpha value is -0.313. The standard InChI is InChI=1S/C13H21ClOSi/c1-9(10(2)15-16)11-7-5-6-8-12(11)13(3,4)14/h5-10H,1-4,16H3. The second-order valence-corrected chi connectivity index (χ2v) is 6.21. The molecule has 0 spiro atoms. The molecule has 0 amide bonds. The van der Waals surface area contributed by atoms with Crippen LogP contribution in [0.15, 0.2) is 24.3 Å². The molecule has 0 aliphatic heterocycles. The highest BCUT2D eigenvalue weighted by Crippen LogP contribution is 2.35. The van der Waals surface area contributed by atoms with Crippen LogP contribution >= 0.6 is 11.6 Å². The van der Waals surface area contributed by atoms with Crippen molar-refractivity contribution in [3.05, 3.63) is 35.4 Å². The van der Waals surface area contributed by atoms with E-state index in [0.717, 1.165) is 10.5 Å². The van der Waals surface area contributed by atoms with Gasteiger partial charge in [-0.15, -0.1) is 11.6 Å². The van der Waals surface area contributed by atoms with Gasteiger partial charge in [-0.05, 0) is 31.9 Å². The average molecular weight is 257 g/mol. The quantitative estimate of drug-likeness (QED) is 0.595. The molecule has 3 heteroatoms. The Morgan fingerprint density at radius 2 is 1.81 bits per heavy atom. The molecule has 1 aromatic rings. The lowest BCUT2D eigenvalue weighted by Gasteiger charge is -2.27. The van der Waals surface area contributed by atoms with Gasteiger partial charge in [0.05, 0.1) is 4.87 Å². The van der Waals surface area contributed by atoms with Crippen molar-refractivity contribution in [3.63, 3.8) is 0 Å². The van der Waals surface area contributed by atoms with Gasteiger partial charge in [-0.1, -0.05) is 31.2 Å². The number of benzene rings is 1. The van der Waals surface area contributed by atoms with E-state index in [-0.39, 0.29) is 11.0 Å². The van der Waals surface area contributed by atoms with Crippen molar-refractivity contribution >= 4 is 22.1 Å². The number of hydrogen-bond donors (Lipinski definition) is 0. The lowest BCUT2D eigenvalue weighted by Crippen LogP contribution is -2.20. The maximum absolute atomic E-state index is 6.42. The number of alkyl halides is 1. The molecule has 16 heavy (non-hydrogen) atoms. The minimum Gasteiger partial charge on any atom is -0.425 e. The molecule has 1 aromatic carbocycles. The maximum Gasteiger partial charge on any atom is 0.146 e. The Morgan fingerprint density at radius 1 is 1.25 bits per heavy atom. The van der Waals surface area contributed by atoms with Crippen LogP contribution in [0.4, 0.5) is 0 Å². The van der Waals surface area contributed by atoms with Crippen LogP contribution in [-0.4, -0.2) is 16.6 Å². The van der Waals surface area contributed by atoms with Crippen LogP contribution in [0.5, 0.6) is 0 Å². The molecule has 2 unspecified atom stereocenters. The van der Waals surface area contributed by atoms with Gasteiger partial charge in [0, 0.05) is 12.0 Å². The molecule has 0 aromatic heterocycles. The monoisotopic (exact) mass is 256 g/mol. The van der Waals surface area contributed by atoms with E-state index in [2.05, 4.69) is 32.0 Å². The van der Waals surface area contributed by atoms with Crippen molar-refractivity contribution in [2.45, 2.75) is 44.6 Å². The van der Waals surface area contributed by atoms with Gasteiger partial charge >= 0.3 is 0 Å². The summed E-state index contributed by atoms with van der Waals surface area (Å²) < 4.78 is 5.53. The van der Waals surface area contributed by atoms with E-state index in [1.807, 2.05) is 19.9 Å². The van der Waals surface area contributed by atoms with Gasteiger partial charge in [0.2, 0.25) is 0 Å². The van der Waals surface area contributed by atoms with Crippen LogP contribution in [0.3, 0.4) is 0 Å². The Bertz CT molecular complexity index is 346. The molecule has 0 saturated heterocycles. The van der Waals surface area contributed by atoms with Gasteiger partial charge in [0.15, 0.2) is 0 Å². The van der Waals surface area contributed by atoms with E-state index in [1.54, 1.807) is 0 Å². The Labute approximate surface area is 107 Å². The van der Waals surface area contributed by atoms with Crippen molar-refractivity contribution in [2.75, 3.05) is 0 Å². The Morgan fingerprint density at radius 3 is 2.31 bits per heavy atom. The second kappa shape index (κ2) is 5.35. The first-order chi connectivity index (χ1) is 7.38. The van der Waals surface area contributed by atoms with E-state index in [4.69, 9.17) is 16.0 Å². The third-order valence-electron chi connectivity index (χ3n) is 3.17. The van der Waals surface area contributed by atoms with Gasteiger partial charge < -0.3 is 4.43 Å². The number of hydrogen-bond acceptors (Lipinski definition) is 1. The molecule has 1 nitrogen and oxygen atoms in total. The summed E-state index contributed by atoms with van der Waals surface area (Å²) in [6.45, 7) is 8.39. The van der Waals surface area contributed by atoms with Crippen LogP contribution in [0.2, 0.25) is 0 Å². The fourth-order valence-corrected chi connectivity index (χ4v) is 2.47. The molecule has 0 N–H and O–H groups in total. The zero-order chi connectivity index (χ0) is 12.3. The molecule has 0 heterocycles. The molecular weight excluding hydrogens is 236 g/mol. The van der Waals surface area contributed by atoms with Crippen molar-refractivity contribution in [1.29, 1.82) is 0 Å². The SMILES string of the molecule is CC(O[SiH3])C(C)c1ccccc1C(C)(C)Cl. The van der Waals surface area contributed by atoms with Crippen molar-refractivity contribution in [3.8, 4) is 0 Å². The highest BCUT2D eigenvalue weighted by atomic mass is 35.5. The lowest BCUT2D eigenvalue weighted by atomic mass is 9.87. The highest BCUT2D eigenvalue weighted by Gasteiger charge is 2.24. The molecule has 0 fully saturated rings. The van der Waals surface area contributed by atoms with Crippen molar-refractivity contribution < 1.29 is 4.43 Å². The van der Waals surface area contributed by atoms with Crippen LogP contribution < -0.4 is 0 Å². The van der Waals surface area contributed by atoms with Crippen molar-refractivity contribution in [2.24, 2.45) is 0 Å². The summed E-state index contributed by atoms with van der Waals surface area (Å²) in [7, 11) is 0.776. The molecule has 0 aliphatic rings. The third kappa shape index (κ3) is 3.09. The minimum atomic E-state index is -0.324. The summed E-state index contributed by atoms with van der Waals surface area (Å²) >= 11 is 6.42. The van der Waals surface area contributed by atoms with Crippen LogP contribution in [-0.2, 0) is 9.30 Å². The lowest BCUT2D eigenvalue weighted by molar-refractivity contribution is 0.214. The summed E-state index contributed by atoms with van der Waals surface area (Å²) in [5, 5.41) is 0. The molecule has 0 bridgehead atoms. The molecule has 0 radical (unpaired) electrons. The zero-order valence-electron chi connectivity index (χ0n) is 10.8. The number of halogens is 1. The van der Waals surface area contributed by atoms with Gasteiger partial charge in [0.1, 0.15) is 10.5 Å². The molecule has 1 rings (SSSR count). The highest BCUT2D eigenvalue weighted by molar-refractivity contribution is 6.23. The summed E-state index contributed by atoms with van der Waals surface area (Å²) in [6, 6.07) is 8.37. The largest absolute Gasteiger partial charge is 0.425 e. The summed E-state index contributed by atoms with van der Waals surface area (Å²) in [4.78, 5) is -0.324. The normalized spacial score (nSPS) is 16.1. The van der Waals surface area contributed by atoms with Gasteiger partial charge in [-0.3, -0.25) is 0 Å². The number of rotatable bonds is 4. The third-order valence-corrected chi connectivity index (χ3v) is 4.11. The van der Waals surface area contributed by atoms with Gasteiger partial charge in [-0.2, -0.15) is 0 Å². The average Bonchev–Trinajstić information content (AvgIpc) is 2.26. The summed E-state index contributed by atoms with van der Waals surface area (Å²) in [5.74, 6) is 0.381. The molecule has 0 saturated carbocycles. The van der Waals surface area contributed by atoms with E-state index < -0.39 is 0 Å². The first kappa shape index (κ1) is 13.8. The first-order valence-electron chi connectivity index (χ1n) is 5.69. The van der Waals surface area contributed by atoms with Crippen LogP contribution in [0.1, 0.15) is 44.7 Å². The Balaban J connectivity index is 3.13. The van der Waals surface area contributed by atoms with E-state index >= 15 is 0 Å². The maximum atomic E-state index is 6.42. The summed E-state index contributed by atoms with van der Waals surface area (Å²) in [6.07, 6.45) is 0.256.